The van der Waals surface area contributed by atoms with Gasteiger partial charge < -0.3 is 26.0 Å². The molecule has 1 fully saturated rings. The van der Waals surface area contributed by atoms with Crippen LogP contribution in [0.4, 0.5) is 5.69 Å². The maximum atomic E-state index is 12.3. The Bertz CT molecular complexity index is 723. The summed E-state index contributed by atoms with van der Waals surface area (Å²) in [4.78, 5) is 37.0. The lowest BCUT2D eigenvalue weighted by molar-refractivity contribution is -0.137. The van der Waals surface area contributed by atoms with Gasteiger partial charge in [0.2, 0.25) is 5.91 Å². The Morgan fingerprint density at radius 1 is 1.26 bits per heavy atom. The normalized spacial score (nSPS) is 14.7. The summed E-state index contributed by atoms with van der Waals surface area (Å²) in [6.45, 7) is 3.39. The van der Waals surface area contributed by atoms with E-state index in [1.807, 2.05) is 12.1 Å². The summed E-state index contributed by atoms with van der Waals surface area (Å²) in [5.41, 5.74) is 1.45. The third-order valence-corrected chi connectivity index (χ3v) is 4.20. The molecule has 1 heterocycles. The Morgan fingerprint density at radius 2 is 2.00 bits per heavy atom. The highest BCUT2D eigenvalue weighted by molar-refractivity contribution is 5.97. The molecule has 144 valence electrons. The van der Waals surface area contributed by atoms with Crippen molar-refractivity contribution in [3.8, 4) is 12.3 Å². The van der Waals surface area contributed by atoms with Crippen molar-refractivity contribution in [2.45, 2.75) is 6.42 Å². The van der Waals surface area contributed by atoms with Gasteiger partial charge in [-0.2, -0.15) is 0 Å². The average molecular weight is 372 g/mol. The van der Waals surface area contributed by atoms with E-state index >= 15 is 0 Å². The molecule has 1 saturated heterocycles. The first kappa shape index (κ1) is 20.3. The maximum absolute atomic E-state index is 12.3. The number of carbonyl (C=O) groups excluding carboxylic acids is 2. The monoisotopic (exact) mass is 372 g/mol. The van der Waals surface area contributed by atoms with Crippen LogP contribution in [0.2, 0.25) is 0 Å². The molecule has 1 unspecified atom stereocenters. The Hall–Kier alpha value is -3.05. The molecule has 0 radical (unpaired) electrons. The van der Waals surface area contributed by atoms with E-state index in [4.69, 9.17) is 11.5 Å². The fourth-order valence-electron chi connectivity index (χ4n) is 2.73. The Balaban J connectivity index is 1.82. The predicted octanol–water partition coefficient (Wildman–Crippen LogP) is -0.334. The minimum Gasteiger partial charge on any atom is -0.481 e. The topological polar surface area (TPSA) is 111 Å². The zero-order valence-corrected chi connectivity index (χ0v) is 15.0. The smallest absolute Gasteiger partial charge is 0.304 e. The molecule has 1 aromatic rings. The standard InChI is InChI=1S/C19H24N4O4/c1-2-14(10-18(25)26)12-21-17(24)13-22-19(27)15-4-3-5-16(11-15)23-8-6-20-7-9-23/h1,3-5,11,14,20H,6-10,12-13H2,(H,21,24)(H,22,27)(H,25,26). The van der Waals surface area contributed by atoms with Crippen molar-refractivity contribution in [1.29, 1.82) is 0 Å². The minimum atomic E-state index is -1.02. The molecule has 1 aromatic carbocycles. The van der Waals surface area contributed by atoms with Gasteiger partial charge in [-0.15, -0.1) is 12.3 Å². The van der Waals surface area contributed by atoms with Crippen molar-refractivity contribution in [1.82, 2.24) is 16.0 Å². The summed E-state index contributed by atoms with van der Waals surface area (Å²) in [5, 5.41) is 17.1. The van der Waals surface area contributed by atoms with Crippen molar-refractivity contribution in [3.05, 3.63) is 29.8 Å². The van der Waals surface area contributed by atoms with Crippen molar-refractivity contribution >= 4 is 23.5 Å². The van der Waals surface area contributed by atoms with Crippen LogP contribution < -0.4 is 20.9 Å². The van der Waals surface area contributed by atoms with Crippen molar-refractivity contribution in [3.63, 3.8) is 0 Å². The fraction of sp³-hybridized carbons (Fsp3) is 0.421. The van der Waals surface area contributed by atoms with E-state index in [-0.39, 0.29) is 25.4 Å². The highest BCUT2D eigenvalue weighted by Gasteiger charge is 2.15. The molecule has 1 atom stereocenters. The molecular weight excluding hydrogens is 348 g/mol. The lowest BCUT2D eigenvalue weighted by atomic mass is 10.1. The van der Waals surface area contributed by atoms with Crippen LogP contribution in [0, 0.1) is 18.3 Å². The Labute approximate surface area is 158 Å². The number of carboxylic acids is 1. The summed E-state index contributed by atoms with van der Waals surface area (Å²) in [7, 11) is 0. The number of amides is 2. The third kappa shape index (κ3) is 6.64. The zero-order valence-electron chi connectivity index (χ0n) is 15.0. The first-order valence-electron chi connectivity index (χ1n) is 8.78. The number of hydrogen-bond donors (Lipinski definition) is 4. The molecule has 2 amide bonds. The molecule has 1 aliphatic heterocycles. The molecule has 8 nitrogen and oxygen atoms in total. The van der Waals surface area contributed by atoms with Crippen LogP contribution in [0.5, 0.6) is 0 Å². The number of anilines is 1. The van der Waals surface area contributed by atoms with Gasteiger partial charge in [0.1, 0.15) is 0 Å². The second-order valence-corrected chi connectivity index (χ2v) is 6.24. The van der Waals surface area contributed by atoms with Gasteiger partial charge in [0.25, 0.3) is 5.91 Å². The molecule has 0 spiro atoms. The quantitative estimate of drug-likeness (QED) is 0.465. The van der Waals surface area contributed by atoms with Crippen LogP contribution in [0.1, 0.15) is 16.8 Å². The second-order valence-electron chi connectivity index (χ2n) is 6.24. The summed E-state index contributed by atoms with van der Waals surface area (Å²) < 4.78 is 0. The second kappa shape index (κ2) is 10.2. The van der Waals surface area contributed by atoms with Gasteiger partial charge in [0, 0.05) is 49.9 Å². The zero-order chi connectivity index (χ0) is 19.6. The minimum absolute atomic E-state index is 0.0516. The highest BCUT2D eigenvalue weighted by atomic mass is 16.4. The number of carboxylic acid groups (broad SMARTS) is 1. The SMILES string of the molecule is C#CC(CNC(=O)CNC(=O)c1cccc(N2CCNCC2)c1)CC(=O)O. The number of piperazine rings is 1. The van der Waals surface area contributed by atoms with Crippen molar-refractivity contribution in [2.75, 3.05) is 44.2 Å². The summed E-state index contributed by atoms with van der Waals surface area (Å²) >= 11 is 0. The largest absolute Gasteiger partial charge is 0.481 e. The number of rotatable bonds is 8. The number of nitrogens with one attached hydrogen (secondary N) is 3. The molecule has 0 aromatic heterocycles. The first-order chi connectivity index (χ1) is 13.0. The summed E-state index contributed by atoms with van der Waals surface area (Å²) in [6, 6.07) is 7.27. The van der Waals surface area contributed by atoms with Crippen LogP contribution in [-0.2, 0) is 9.59 Å². The third-order valence-electron chi connectivity index (χ3n) is 4.20. The van der Waals surface area contributed by atoms with E-state index in [2.05, 4.69) is 26.8 Å². The number of hydrogen-bond acceptors (Lipinski definition) is 5. The average Bonchev–Trinajstić information content (AvgIpc) is 2.69. The molecule has 2 rings (SSSR count). The van der Waals surface area contributed by atoms with E-state index < -0.39 is 17.8 Å². The predicted molar refractivity (Wildman–Crippen MR) is 101 cm³/mol. The number of terminal acetylenes is 1. The van der Waals surface area contributed by atoms with Gasteiger partial charge in [0.05, 0.1) is 13.0 Å². The molecule has 8 heteroatoms. The number of carbonyl (C=O) groups is 3. The molecule has 0 saturated carbocycles. The van der Waals surface area contributed by atoms with Gasteiger partial charge in [-0.1, -0.05) is 6.07 Å². The number of benzene rings is 1. The lowest BCUT2D eigenvalue weighted by Crippen LogP contribution is -2.43. The molecule has 4 N–H and O–H groups in total. The van der Waals surface area contributed by atoms with Crippen LogP contribution in [0.3, 0.4) is 0 Å². The molecule has 0 aliphatic carbocycles. The van der Waals surface area contributed by atoms with Gasteiger partial charge in [-0.25, -0.2) is 0 Å². The Kier molecular flexibility index (Phi) is 7.64. The lowest BCUT2D eigenvalue weighted by Gasteiger charge is -2.29. The van der Waals surface area contributed by atoms with Crippen LogP contribution >= 0.6 is 0 Å². The number of aliphatic carboxylic acids is 1. The van der Waals surface area contributed by atoms with E-state index in [1.165, 1.54) is 0 Å². The van der Waals surface area contributed by atoms with E-state index in [1.54, 1.807) is 12.1 Å². The summed E-state index contributed by atoms with van der Waals surface area (Å²) in [5.74, 6) is -0.0537. The van der Waals surface area contributed by atoms with Crippen molar-refractivity contribution in [2.24, 2.45) is 5.92 Å². The maximum Gasteiger partial charge on any atom is 0.304 e. The molecular formula is C19H24N4O4. The van der Waals surface area contributed by atoms with Gasteiger partial charge in [-0.3, -0.25) is 14.4 Å². The Morgan fingerprint density at radius 3 is 2.67 bits per heavy atom. The molecule has 0 bridgehead atoms. The van der Waals surface area contributed by atoms with E-state index in [0.29, 0.717) is 5.56 Å². The fourth-order valence-corrected chi connectivity index (χ4v) is 2.73. The van der Waals surface area contributed by atoms with Crippen molar-refractivity contribution < 1.29 is 19.5 Å². The van der Waals surface area contributed by atoms with E-state index in [0.717, 1.165) is 31.9 Å². The molecule has 27 heavy (non-hydrogen) atoms. The summed E-state index contributed by atoms with van der Waals surface area (Å²) in [6.07, 6.45) is 5.02. The van der Waals surface area contributed by atoms with E-state index in [9.17, 15) is 14.4 Å². The van der Waals surface area contributed by atoms with Crippen LogP contribution in [-0.4, -0.2) is 62.2 Å². The van der Waals surface area contributed by atoms with Gasteiger partial charge >= 0.3 is 5.97 Å². The molecule has 1 aliphatic rings. The van der Waals surface area contributed by atoms with Crippen LogP contribution in [0.15, 0.2) is 24.3 Å². The van der Waals surface area contributed by atoms with Gasteiger partial charge in [0.15, 0.2) is 0 Å². The van der Waals surface area contributed by atoms with Gasteiger partial charge in [-0.05, 0) is 18.2 Å². The van der Waals surface area contributed by atoms with Crippen LogP contribution in [0.25, 0.3) is 0 Å². The first-order valence-corrected chi connectivity index (χ1v) is 8.78. The number of nitrogens with zero attached hydrogens (tertiary/aromatic N) is 1. The highest BCUT2D eigenvalue weighted by Crippen LogP contribution is 2.16.